The minimum absolute atomic E-state index is 0.124. The second-order valence-electron chi connectivity index (χ2n) is 7.91. The highest BCUT2D eigenvalue weighted by molar-refractivity contribution is 7.89. The van der Waals surface area contributed by atoms with E-state index in [-0.39, 0.29) is 24.1 Å². The molecule has 2 aromatic rings. The van der Waals surface area contributed by atoms with Crippen molar-refractivity contribution in [1.82, 2.24) is 9.21 Å². The topological polar surface area (TPSA) is 94.6 Å². The maximum Gasteiger partial charge on any atom is 0.253 e. The lowest BCUT2D eigenvalue weighted by molar-refractivity contribution is -0.0857. The van der Waals surface area contributed by atoms with Gasteiger partial charge in [0.2, 0.25) is 16.8 Å². The molecule has 10 heteroatoms. The quantitative estimate of drug-likeness (QED) is 0.689. The molecule has 0 N–H and O–H groups in total. The van der Waals surface area contributed by atoms with Crippen molar-refractivity contribution >= 4 is 15.9 Å². The Morgan fingerprint density at radius 2 is 1.72 bits per heavy atom. The van der Waals surface area contributed by atoms with Gasteiger partial charge in [-0.15, -0.1) is 0 Å². The highest BCUT2D eigenvalue weighted by atomic mass is 32.2. The van der Waals surface area contributed by atoms with Crippen LogP contribution in [-0.4, -0.2) is 69.4 Å². The van der Waals surface area contributed by atoms with Gasteiger partial charge in [0.1, 0.15) is 11.5 Å². The summed E-state index contributed by atoms with van der Waals surface area (Å²) in [4.78, 5) is 14.9. The van der Waals surface area contributed by atoms with Crippen molar-refractivity contribution in [3.63, 3.8) is 0 Å². The van der Waals surface area contributed by atoms with Gasteiger partial charge in [-0.25, -0.2) is 8.42 Å². The van der Waals surface area contributed by atoms with Gasteiger partial charge in [-0.1, -0.05) is 0 Å². The Hall–Kier alpha value is -2.82. The van der Waals surface area contributed by atoms with Crippen molar-refractivity contribution in [2.45, 2.75) is 23.5 Å². The molecular weight excluding hydrogens is 436 g/mol. The zero-order valence-electron chi connectivity index (χ0n) is 17.7. The average molecular weight is 461 g/mol. The molecule has 3 aliphatic rings. The SMILES string of the molecule is COc1ccc(S(=O)(=O)N2CCOC23CCN(C(=O)c2ccc4c(c2)OCO4)CC3)cc1. The third kappa shape index (κ3) is 3.48. The third-order valence-electron chi connectivity index (χ3n) is 6.22. The number of hydrogen-bond acceptors (Lipinski definition) is 7. The Balaban J connectivity index is 1.31. The summed E-state index contributed by atoms with van der Waals surface area (Å²) in [5.74, 6) is 1.64. The summed E-state index contributed by atoms with van der Waals surface area (Å²) >= 11 is 0. The zero-order valence-corrected chi connectivity index (χ0v) is 18.5. The number of fused-ring (bicyclic) bond motifs is 1. The smallest absolute Gasteiger partial charge is 0.253 e. The van der Waals surface area contributed by atoms with Crippen LogP contribution in [0.25, 0.3) is 0 Å². The number of ether oxygens (including phenoxy) is 4. The van der Waals surface area contributed by atoms with Crippen LogP contribution in [0.5, 0.6) is 17.2 Å². The first-order valence-corrected chi connectivity index (χ1v) is 11.9. The molecule has 2 fully saturated rings. The number of piperidine rings is 1. The van der Waals surface area contributed by atoms with Gasteiger partial charge in [-0.05, 0) is 42.5 Å². The van der Waals surface area contributed by atoms with E-state index in [2.05, 4.69) is 0 Å². The lowest BCUT2D eigenvalue weighted by Crippen LogP contribution is -2.55. The number of methoxy groups -OCH3 is 1. The fourth-order valence-corrected chi connectivity index (χ4v) is 6.20. The fourth-order valence-electron chi connectivity index (χ4n) is 4.47. The number of rotatable bonds is 4. The molecule has 2 saturated heterocycles. The fraction of sp³-hybridized carbons (Fsp3) is 0.409. The molecule has 0 bridgehead atoms. The summed E-state index contributed by atoms with van der Waals surface area (Å²) in [5, 5.41) is 0. The maximum absolute atomic E-state index is 13.4. The number of nitrogens with zero attached hydrogens (tertiary/aromatic N) is 2. The van der Waals surface area contributed by atoms with E-state index in [4.69, 9.17) is 18.9 Å². The van der Waals surface area contributed by atoms with Gasteiger partial charge < -0.3 is 23.8 Å². The Labute approximate surface area is 186 Å². The summed E-state index contributed by atoms with van der Waals surface area (Å²) in [6.45, 7) is 1.54. The number of amides is 1. The molecule has 0 unspecified atom stereocenters. The first-order chi connectivity index (χ1) is 15.4. The number of hydrogen-bond donors (Lipinski definition) is 0. The molecule has 0 aromatic heterocycles. The standard InChI is InChI=1S/C22H24N2O7S/c1-28-17-3-5-18(6-4-17)32(26,27)24-12-13-31-22(24)8-10-23(11-9-22)21(25)16-2-7-19-20(14-16)30-15-29-19/h2-7,14H,8-13,15H2,1H3. The molecule has 0 saturated carbocycles. The van der Waals surface area contributed by atoms with Crippen LogP contribution in [0, 0.1) is 0 Å². The number of carbonyl (C=O) groups is 1. The van der Waals surface area contributed by atoms with Crippen molar-refractivity contribution in [3.8, 4) is 17.2 Å². The summed E-state index contributed by atoms with van der Waals surface area (Å²) in [6, 6.07) is 11.5. The lowest BCUT2D eigenvalue weighted by atomic mass is 10.00. The number of carbonyl (C=O) groups excluding carboxylic acids is 1. The summed E-state index contributed by atoms with van der Waals surface area (Å²) in [5.41, 5.74) is -0.426. The van der Waals surface area contributed by atoms with Gasteiger partial charge in [0.05, 0.1) is 18.6 Å². The monoisotopic (exact) mass is 460 g/mol. The van der Waals surface area contributed by atoms with Crippen LogP contribution in [-0.2, 0) is 14.8 Å². The molecule has 2 aromatic carbocycles. The van der Waals surface area contributed by atoms with Crippen LogP contribution in [0.15, 0.2) is 47.4 Å². The second-order valence-corrected chi connectivity index (χ2v) is 9.77. The van der Waals surface area contributed by atoms with Gasteiger partial charge in [-0.3, -0.25) is 4.79 Å². The summed E-state index contributed by atoms with van der Waals surface area (Å²) in [6.07, 6.45) is 0.803. The Kier molecular flexibility index (Phi) is 5.23. The zero-order chi connectivity index (χ0) is 22.3. The summed E-state index contributed by atoms with van der Waals surface area (Å²) in [7, 11) is -2.22. The molecule has 1 amide bonds. The van der Waals surface area contributed by atoms with Crippen molar-refractivity contribution in [1.29, 1.82) is 0 Å². The third-order valence-corrected chi connectivity index (χ3v) is 8.18. The molecule has 0 atom stereocenters. The largest absolute Gasteiger partial charge is 0.497 e. The molecule has 3 heterocycles. The Morgan fingerprint density at radius 1 is 1.00 bits per heavy atom. The molecule has 5 rings (SSSR count). The summed E-state index contributed by atoms with van der Waals surface area (Å²) < 4.78 is 49.9. The molecule has 1 spiro atoms. The van der Waals surface area contributed by atoms with E-state index in [1.165, 1.54) is 11.4 Å². The maximum atomic E-state index is 13.4. The first kappa shape index (κ1) is 21.0. The predicted octanol–water partition coefficient (Wildman–Crippen LogP) is 2.08. The minimum atomic E-state index is -3.75. The lowest BCUT2D eigenvalue weighted by Gasteiger charge is -2.42. The number of benzene rings is 2. The van der Waals surface area contributed by atoms with Crippen molar-refractivity contribution in [2.24, 2.45) is 0 Å². The molecule has 9 nitrogen and oxygen atoms in total. The minimum Gasteiger partial charge on any atom is -0.497 e. The molecule has 0 aliphatic carbocycles. The van der Waals surface area contributed by atoms with Gasteiger partial charge in [0.15, 0.2) is 11.5 Å². The van der Waals surface area contributed by atoms with Crippen LogP contribution in [0.4, 0.5) is 0 Å². The van der Waals surface area contributed by atoms with Crippen molar-refractivity contribution < 1.29 is 32.2 Å². The van der Waals surface area contributed by atoms with Crippen LogP contribution >= 0.6 is 0 Å². The van der Waals surface area contributed by atoms with Crippen LogP contribution in [0.1, 0.15) is 23.2 Å². The van der Waals surface area contributed by atoms with Crippen molar-refractivity contribution in [3.05, 3.63) is 48.0 Å². The molecule has 170 valence electrons. The highest BCUT2D eigenvalue weighted by Gasteiger charge is 2.51. The first-order valence-electron chi connectivity index (χ1n) is 10.4. The molecule has 0 radical (unpaired) electrons. The Bertz CT molecular complexity index is 1130. The Morgan fingerprint density at radius 3 is 2.44 bits per heavy atom. The molecule has 32 heavy (non-hydrogen) atoms. The average Bonchev–Trinajstić information content (AvgIpc) is 3.46. The van der Waals surface area contributed by atoms with E-state index in [0.717, 1.165) is 0 Å². The van der Waals surface area contributed by atoms with Gasteiger partial charge >= 0.3 is 0 Å². The number of likely N-dealkylation sites (tertiary alicyclic amines) is 1. The van der Waals surface area contributed by atoms with Gasteiger partial charge in [-0.2, -0.15) is 4.31 Å². The van der Waals surface area contributed by atoms with Gasteiger partial charge in [0.25, 0.3) is 5.91 Å². The van der Waals surface area contributed by atoms with Gasteiger partial charge in [0, 0.05) is 38.0 Å². The predicted molar refractivity (Wildman–Crippen MR) is 113 cm³/mol. The van der Waals surface area contributed by atoms with Crippen molar-refractivity contribution in [2.75, 3.05) is 40.1 Å². The normalized spacial score (nSPS) is 20.0. The second kappa shape index (κ2) is 7.95. The molecule has 3 aliphatic heterocycles. The van der Waals surface area contributed by atoms with E-state index in [1.54, 1.807) is 47.4 Å². The number of sulfonamides is 1. The van der Waals surface area contributed by atoms with E-state index in [1.807, 2.05) is 0 Å². The van der Waals surface area contributed by atoms with Crippen LogP contribution in [0.3, 0.4) is 0 Å². The van der Waals surface area contributed by atoms with E-state index in [0.29, 0.717) is 55.4 Å². The highest BCUT2D eigenvalue weighted by Crippen LogP contribution is 2.39. The van der Waals surface area contributed by atoms with Crippen LogP contribution in [0.2, 0.25) is 0 Å². The van der Waals surface area contributed by atoms with E-state index in [9.17, 15) is 13.2 Å². The van der Waals surface area contributed by atoms with E-state index < -0.39 is 15.7 Å². The van der Waals surface area contributed by atoms with Crippen LogP contribution < -0.4 is 14.2 Å². The molecular formula is C22H24N2O7S. The van der Waals surface area contributed by atoms with E-state index >= 15 is 0 Å².